The summed E-state index contributed by atoms with van der Waals surface area (Å²) in [5.41, 5.74) is 12.9. The molecule has 1 aliphatic heterocycles. The van der Waals surface area contributed by atoms with Gasteiger partial charge in [0.25, 0.3) is 0 Å². The molecule has 224 valence electrons. The van der Waals surface area contributed by atoms with Crippen molar-refractivity contribution in [2.45, 2.75) is 65.0 Å². The number of rotatable bonds is 5. The molecular weight excluding hydrogens is 544 g/mol. The van der Waals surface area contributed by atoms with E-state index in [1.54, 1.807) is 11.1 Å². The highest BCUT2D eigenvalue weighted by atomic mass is 15.3. The molecule has 4 aromatic carbocycles. The predicted molar refractivity (Wildman–Crippen MR) is 191 cm³/mol. The molecule has 0 fully saturated rings. The Labute approximate surface area is 268 Å². The number of hydrogen-bond donors (Lipinski definition) is 0. The zero-order chi connectivity index (χ0) is 30.5. The molecule has 0 aromatic heterocycles. The van der Waals surface area contributed by atoms with Crippen molar-refractivity contribution in [1.82, 2.24) is 4.90 Å². The summed E-state index contributed by atoms with van der Waals surface area (Å²) in [4.78, 5) is 7.61. The van der Waals surface area contributed by atoms with Crippen molar-refractivity contribution in [2.24, 2.45) is 16.8 Å². The summed E-state index contributed by atoms with van der Waals surface area (Å²) >= 11 is 0. The van der Waals surface area contributed by atoms with Gasteiger partial charge in [-0.25, -0.2) is 0 Å². The van der Waals surface area contributed by atoms with Gasteiger partial charge in [0, 0.05) is 12.1 Å². The summed E-state index contributed by atoms with van der Waals surface area (Å²) in [5.74, 6) is 2.54. The first kappa shape index (κ1) is 28.1. The number of aliphatic imine (C=N–C) groups is 1. The van der Waals surface area contributed by atoms with E-state index in [1.165, 1.54) is 55.7 Å². The molecule has 2 heteroatoms. The summed E-state index contributed by atoms with van der Waals surface area (Å²) in [6, 6.07) is 29.8. The second kappa shape index (κ2) is 11.5. The van der Waals surface area contributed by atoms with Crippen LogP contribution in [0.2, 0.25) is 0 Å². The van der Waals surface area contributed by atoms with Crippen molar-refractivity contribution in [1.29, 1.82) is 0 Å². The topological polar surface area (TPSA) is 15.6 Å². The Hall–Kier alpha value is -4.43. The molecule has 8 rings (SSSR count). The van der Waals surface area contributed by atoms with Crippen molar-refractivity contribution in [3.05, 3.63) is 138 Å². The molecule has 0 saturated heterocycles. The molecule has 0 saturated carbocycles. The van der Waals surface area contributed by atoms with Crippen molar-refractivity contribution < 1.29 is 0 Å². The van der Waals surface area contributed by atoms with Crippen LogP contribution in [0.25, 0.3) is 38.6 Å². The van der Waals surface area contributed by atoms with E-state index in [4.69, 9.17) is 4.99 Å². The van der Waals surface area contributed by atoms with Crippen LogP contribution < -0.4 is 0 Å². The summed E-state index contributed by atoms with van der Waals surface area (Å²) in [7, 11) is 0. The number of hydrogen-bond acceptors (Lipinski definition) is 2. The lowest BCUT2D eigenvalue weighted by atomic mass is 9.70. The minimum atomic E-state index is 0.241. The van der Waals surface area contributed by atoms with Gasteiger partial charge in [-0.3, -0.25) is 4.99 Å². The maximum Gasteiger partial charge on any atom is 0.104 e. The first-order valence-electron chi connectivity index (χ1n) is 16.9. The molecule has 1 heterocycles. The van der Waals surface area contributed by atoms with Gasteiger partial charge < -0.3 is 4.90 Å². The quantitative estimate of drug-likeness (QED) is 0.227. The zero-order valence-electron chi connectivity index (χ0n) is 26.7. The van der Waals surface area contributed by atoms with Gasteiger partial charge in [-0.2, -0.15) is 0 Å². The zero-order valence-corrected chi connectivity index (χ0v) is 26.7. The number of nitrogens with zero attached hydrogens (tertiary/aromatic N) is 2. The second-order valence-corrected chi connectivity index (χ2v) is 13.4. The van der Waals surface area contributed by atoms with Crippen LogP contribution in [-0.2, 0) is 12.8 Å². The molecule has 0 radical (unpaired) electrons. The number of fused-ring (bicyclic) bond motifs is 3. The summed E-state index contributed by atoms with van der Waals surface area (Å²) in [6.45, 7) is 7.14. The first-order chi connectivity index (χ1) is 22.1. The fourth-order valence-corrected chi connectivity index (χ4v) is 8.20. The fourth-order valence-electron chi connectivity index (χ4n) is 8.20. The minimum absolute atomic E-state index is 0.241. The van der Waals surface area contributed by atoms with Gasteiger partial charge in [-0.1, -0.05) is 130 Å². The molecule has 4 aromatic rings. The van der Waals surface area contributed by atoms with Gasteiger partial charge in [0.1, 0.15) is 5.84 Å². The summed E-state index contributed by atoms with van der Waals surface area (Å²) in [6.07, 6.45) is 19.1. The van der Waals surface area contributed by atoms with E-state index < -0.39 is 0 Å². The van der Waals surface area contributed by atoms with Crippen LogP contribution in [0.4, 0.5) is 0 Å². The largest absolute Gasteiger partial charge is 0.324 e. The molecule has 2 nitrogen and oxygen atoms in total. The Kier molecular flexibility index (Phi) is 7.17. The Morgan fingerprint density at radius 1 is 0.667 bits per heavy atom. The molecule has 4 atom stereocenters. The van der Waals surface area contributed by atoms with E-state index in [2.05, 4.69) is 141 Å². The average molecular weight is 587 g/mol. The average Bonchev–Trinajstić information content (AvgIpc) is 3.47. The molecule has 4 unspecified atom stereocenters. The fraction of sp³-hybridized carbons (Fsp3) is 0.279. The summed E-state index contributed by atoms with van der Waals surface area (Å²) in [5, 5.41) is 2.79. The molecule has 0 N–H and O–H groups in total. The third-order valence-corrected chi connectivity index (χ3v) is 10.8. The lowest BCUT2D eigenvalue weighted by Crippen LogP contribution is -2.38. The van der Waals surface area contributed by atoms with Crippen LogP contribution >= 0.6 is 0 Å². The highest BCUT2D eigenvalue weighted by Gasteiger charge is 2.36. The van der Waals surface area contributed by atoms with Gasteiger partial charge in [0.05, 0.1) is 12.1 Å². The van der Waals surface area contributed by atoms with E-state index in [9.17, 15) is 0 Å². The Balaban J connectivity index is 1.25. The van der Waals surface area contributed by atoms with E-state index in [-0.39, 0.29) is 6.04 Å². The van der Waals surface area contributed by atoms with Crippen molar-refractivity contribution in [3.8, 4) is 22.3 Å². The molecule has 0 bridgehead atoms. The highest BCUT2D eigenvalue weighted by molar-refractivity contribution is 6.06. The lowest BCUT2D eigenvalue weighted by molar-refractivity contribution is 0.361. The Morgan fingerprint density at radius 2 is 1.29 bits per heavy atom. The Bertz CT molecular complexity index is 1920. The van der Waals surface area contributed by atoms with Gasteiger partial charge in [0.15, 0.2) is 0 Å². The van der Waals surface area contributed by atoms with Crippen LogP contribution in [0.15, 0.2) is 126 Å². The highest BCUT2D eigenvalue weighted by Crippen LogP contribution is 2.47. The lowest BCUT2D eigenvalue weighted by Gasteiger charge is -2.35. The van der Waals surface area contributed by atoms with Crippen LogP contribution in [0, 0.1) is 11.8 Å². The first-order valence-corrected chi connectivity index (χ1v) is 16.9. The van der Waals surface area contributed by atoms with E-state index in [0.29, 0.717) is 17.9 Å². The predicted octanol–water partition coefficient (Wildman–Crippen LogP) is 10.6. The maximum atomic E-state index is 5.08. The molecule has 0 spiro atoms. The third kappa shape index (κ3) is 4.83. The molecule has 3 aliphatic carbocycles. The van der Waals surface area contributed by atoms with Gasteiger partial charge >= 0.3 is 0 Å². The van der Waals surface area contributed by atoms with Crippen LogP contribution in [0.5, 0.6) is 0 Å². The van der Waals surface area contributed by atoms with Crippen LogP contribution in [0.1, 0.15) is 56.7 Å². The van der Waals surface area contributed by atoms with Crippen LogP contribution in [-0.4, -0.2) is 22.8 Å². The maximum absolute atomic E-state index is 5.08. The smallest absolute Gasteiger partial charge is 0.104 e. The van der Waals surface area contributed by atoms with Gasteiger partial charge in [-0.05, 0) is 98.9 Å². The number of amidine groups is 1. The number of allylic oxidation sites excluding steroid dienone is 6. The van der Waals surface area contributed by atoms with Crippen molar-refractivity contribution in [2.75, 3.05) is 0 Å². The SMILES string of the molecule is CCC1=NC2C=CC=CC2N1C1=CC=C(c2c3c(c(-c4ccc(-c5ccccc5)cc4)c4ccccc24)CC(C)C(C)C3)CC1. The molecule has 4 aliphatic rings. The minimum Gasteiger partial charge on any atom is -0.324 e. The monoisotopic (exact) mass is 586 g/mol. The molecular formula is C43H42N2. The second-order valence-electron chi connectivity index (χ2n) is 13.4. The van der Waals surface area contributed by atoms with Gasteiger partial charge in [-0.15, -0.1) is 0 Å². The van der Waals surface area contributed by atoms with Crippen LogP contribution in [0.3, 0.4) is 0 Å². The third-order valence-electron chi connectivity index (χ3n) is 10.8. The van der Waals surface area contributed by atoms with Gasteiger partial charge in [0.2, 0.25) is 0 Å². The van der Waals surface area contributed by atoms with E-state index in [0.717, 1.165) is 32.1 Å². The molecule has 0 amide bonds. The molecule has 45 heavy (non-hydrogen) atoms. The Morgan fingerprint density at radius 3 is 1.98 bits per heavy atom. The van der Waals surface area contributed by atoms with Crippen molar-refractivity contribution >= 4 is 22.2 Å². The normalized spacial score (nSPS) is 23.8. The summed E-state index contributed by atoms with van der Waals surface area (Å²) < 4.78 is 0. The standard InChI is InChI=1S/C43H42N2/c1-4-41-44-39-16-10-11-17-40(39)45(41)34-24-22-33(23-25-34)43-36-15-9-8-14-35(36)42(37-26-28(2)29(3)27-38(37)43)32-20-18-31(19-21-32)30-12-6-5-7-13-30/h5-22,24,28-29,39-40H,4,23,25-27H2,1-3H3. The van der Waals surface area contributed by atoms with E-state index >= 15 is 0 Å². The number of benzene rings is 4. The van der Waals surface area contributed by atoms with E-state index in [1.807, 2.05) is 0 Å². The van der Waals surface area contributed by atoms with Crippen molar-refractivity contribution in [3.63, 3.8) is 0 Å².